The molecule has 0 saturated carbocycles. The molecule has 12 heteroatoms. The normalized spacial score (nSPS) is 26.6. The van der Waals surface area contributed by atoms with Gasteiger partial charge in [-0.1, -0.05) is 0 Å². The van der Waals surface area contributed by atoms with Gasteiger partial charge in [0.15, 0.2) is 18.3 Å². The van der Waals surface area contributed by atoms with Crippen molar-refractivity contribution in [1.29, 1.82) is 0 Å². The van der Waals surface area contributed by atoms with Crippen molar-refractivity contribution < 1.29 is 42.8 Å². The number of carbonyl (C=O) groups is 3. The molecule has 1 fully saturated rings. The van der Waals surface area contributed by atoms with Crippen molar-refractivity contribution in [3.8, 4) is 0 Å². The van der Waals surface area contributed by atoms with Crippen LogP contribution >= 0.6 is 0 Å². The zero-order chi connectivity index (χ0) is 25.7. The molecular formula is C22H41N3O9. The number of rotatable bonds is 3. The van der Waals surface area contributed by atoms with E-state index in [1.807, 2.05) is 0 Å². The second-order valence-electron chi connectivity index (χ2n) is 8.37. The summed E-state index contributed by atoms with van der Waals surface area (Å²) in [5.41, 5.74) is 0. The number of amides is 3. The van der Waals surface area contributed by atoms with Gasteiger partial charge in [-0.05, 0) is 6.92 Å². The summed E-state index contributed by atoms with van der Waals surface area (Å²) in [6.45, 7) is 3.09. The Kier molecular flexibility index (Phi) is 14.2. The highest BCUT2D eigenvalue weighted by atomic mass is 16.6. The third kappa shape index (κ3) is 10.2. The van der Waals surface area contributed by atoms with E-state index in [1.165, 1.54) is 14.7 Å². The summed E-state index contributed by atoms with van der Waals surface area (Å²) in [7, 11) is 9.64. The van der Waals surface area contributed by atoms with E-state index in [9.17, 15) is 14.4 Å². The lowest BCUT2D eigenvalue weighted by atomic mass is 10.1. The Morgan fingerprint density at radius 2 is 0.794 bits per heavy atom. The van der Waals surface area contributed by atoms with Gasteiger partial charge >= 0.3 is 0 Å². The van der Waals surface area contributed by atoms with Crippen LogP contribution in [0.3, 0.4) is 0 Å². The minimum absolute atomic E-state index is 0.0564. The molecule has 0 spiro atoms. The first-order valence-corrected chi connectivity index (χ1v) is 11.3. The molecule has 4 atom stereocenters. The van der Waals surface area contributed by atoms with E-state index in [-0.39, 0.29) is 58.8 Å². The fraction of sp³-hybridized carbons (Fsp3) is 0.864. The van der Waals surface area contributed by atoms with Crippen LogP contribution in [0.2, 0.25) is 0 Å². The Bertz CT molecular complexity index is 631. The summed E-state index contributed by atoms with van der Waals surface area (Å²) >= 11 is 0. The van der Waals surface area contributed by atoms with Crippen LogP contribution in [0, 0.1) is 0 Å². The second-order valence-corrected chi connectivity index (χ2v) is 8.37. The maximum atomic E-state index is 12.8. The topological polar surface area (TPSA) is 116 Å². The van der Waals surface area contributed by atoms with Gasteiger partial charge in [-0.25, -0.2) is 0 Å². The molecule has 0 aromatic carbocycles. The largest absolute Gasteiger partial charge is 0.377 e. The fourth-order valence-corrected chi connectivity index (χ4v) is 3.03. The first-order chi connectivity index (χ1) is 16.1. The summed E-state index contributed by atoms with van der Waals surface area (Å²) in [6.07, 6.45) is -3.55. The lowest BCUT2D eigenvalue weighted by Gasteiger charge is -2.29. The third-order valence-corrected chi connectivity index (χ3v) is 4.94. The van der Waals surface area contributed by atoms with E-state index >= 15 is 0 Å². The number of ether oxygens (including phenoxy) is 6. The average Bonchev–Trinajstić information content (AvgIpc) is 2.78. The van der Waals surface area contributed by atoms with E-state index in [2.05, 4.69) is 0 Å². The predicted molar refractivity (Wildman–Crippen MR) is 122 cm³/mol. The molecule has 1 rings (SSSR count). The summed E-state index contributed by atoms with van der Waals surface area (Å²) in [6, 6.07) is 0. The van der Waals surface area contributed by atoms with Crippen LogP contribution in [0.15, 0.2) is 0 Å². The lowest BCUT2D eigenvalue weighted by Crippen LogP contribution is -2.52. The molecule has 0 N–H and O–H groups in total. The first-order valence-electron chi connectivity index (χ1n) is 11.3. The fourth-order valence-electron chi connectivity index (χ4n) is 3.03. The van der Waals surface area contributed by atoms with E-state index in [0.29, 0.717) is 0 Å². The smallest absolute Gasteiger partial charge is 0.254 e. The van der Waals surface area contributed by atoms with Crippen LogP contribution in [0.4, 0.5) is 0 Å². The molecule has 34 heavy (non-hydrogen) atoms. The van der Waals surface area contributed by atoms with Crippen LogP contribution in [0.25, 0.3) is 0 Å². The quantitative estimate of drug-likeness (QED) is 0.483. The van der Waals surface area contributed by atoms with Crippen LogP contribution in [0.5, 0.6) is 0 Å². The minimum atomic E-state index is -1.14. The predicted octanol–water partition coefficient (Wildman–Crippen LogP) is -1.14. The Balaban J connectivity index is 2.89. The molecule has 1 heterocycles. The molecule has 1 aliphatic rings. The van der Waals surface area contributed by atoms with Crippen molar-refractivity contribution in [3.63, 3.8) is 0 Å². The monoisotopic (exact) mass is 491 g/mol. The summed E-state index contributed by atoms with van der Waals surface area (Å²) < 4.78 is 34.0. The molecule has 0 radical (unpaired) electrons. The number of nitrogens with zero attached hydrogens (tertiary/aromatic N) is 3. The molecular weight excluding hydrogens is 450 g/mol. The van der Waals surface area contributed by atoms with Gasteiger partial charge in [0.2, 0.25) is 0 Å². The van der Waals surface area contributed by atoms with Gasteiger partial charge in [0.05, 0.1) is 59.0 Å². The highest BCUT2D eigenvalue weighted by Crippen LogP contribution is 2.12. The van der Waals surface area contributed by atoms with E-state index in [0.717, 1.165) is 0 Å². The van der Waals surface area contributed by atoms with Gasteiger partial charge in [-0.2, -0.15) is 0 Å². The number of carbonyl (C=O) groups excluding carboxylic acids is 3. The molecule has 0 bridgehead atoms. The van der Waals surface area contributed by atoms with Crippen LogP contribution < -0.4 is 0 Å². The van der Waals surface area contributed by atoms with Crippen LogP contribution in [0.1, 0.15) is 6.92 Å². The molecule has 0 aromatic heterocycles. The minimum Gasteiger partial charge on any atom is -0.377 e. The van der Waals surface area contributed by atoms with Crippen LogP contribution in [-0.2, 0) is 42.8 Å². The van der Waals surface area contributed by atoms with Crippen molar-refractivity contribution in [2.45, 2.75) is 31.3 Å². The van der Waals surface area contributed by atoms with Crippen molar-refractivity contribution in [1.82, 2.24) is 14.7 Å². The first kappa shape index (κ1) is 30.2. The second kappa shape index (κ2) is 16.0. The Morgan fingerprint density at radius 3 is 1.15 bits per heavy atom. The molecule has 1 saturated heterocycles. The summed E-state index contributed by atoms with van der Waals surface area (Å²) in [5, 5.41) is 0. The summed E-state index contributed by atoms with van der Waals surface area (Å²) in [5.74, 6) is -0.995. The highest BCUT2D eigenvalue weighted by molar-refractivity contribution is 5.90. The van der Waals surface area contributed by atoms with Gasteiger partial charge in [-0.3, -0.25) is 14.4 Å². The lowest BCUT2D eigenvalue weighted by molar-refractivity contribution is -0.170. The van der Waals surface area contributed by atoms with Crippen molar-refractivity contribution in [2.75, 3.05) is 95.1 Å². The van der Waals surface area contributed by atoms with Crippen molar-refractivity contribution in [2.24, 2.45) is 0 Å². The SMILES string of the molecule is C[C@H]1OCCOCCO[C@@H](C(=O)N(C)C)[C@H](C(=O)N(C)C)OCCOCCO[C@H]1C(=O)N(C)C. The molecule has 0 aromatic rings. The molecule has 198 valence electrons. The molecule has 1 aliphatic heterocycles. The van der Waals surface area contributed by atoms with Crippen molar-refractivity contribution in [3.05, 3.63) is 0 Å². The highest BCUT2D eigenvalue weighted by Gasteiger charge is 2.37. The number of likely N-dealkylation sites (N-methyl/N-ethyl adjacent to an activating group) is 3. The third-order valence-electron chi connectivity index (χ3n) is 4.94. The number of hydrogen-bond donors (Lipinski definition) is 0. The average molecular weight is 492 g/mol. The maximum absolute atomic E-state index is 12.8. The van der Waals surface area contributed by atoms with Gasteiger partial charge in [-0.15, -0.1) is 0 Å². The van der Waals surface area contributed by atoms with E-state index < -0.39 is 36.2 Å². The van der Waals surface area contributed by atoms with Gasteiger partial charge < -0.3 is 43.1 Å². The Morgan fingerprint density at radius 1 is 0.500 bits per heavy atom. The van der Waals surface area contributed by atoms with Gasteiger partial charge in [0, 0.05) is 42.3 Å². The van der Waals surface area contributed by atoms with Crippen LogP contribution in [-0.4, -0.2) is 152 Å². The zero-order valence-corrected chi connectivity index (χ0v) is 21.5. The Hall–Kier alpha value is -1.83. The Labute approximate surface area is 202 Å². The molecule has 0 aliphatic carbocycles. The van der Waals surface area contributed by atoms with Crippen molar-refractivity contribution >= 4 is 17.7 Å². The van der Waals surface area contributed by atoms with E-state index in [4.69, 9.17) is 28.4 Å². The molecule has 12 nitrogen and oxygen atoms in total. The summed E-state index contributed by atoms with van der Waals surface area (Å²) in [4.78, 5) is 42.1. The number of hydrogen-bond acceptors (Lipinski definition) is 9. The standard InChI is InChI=1S/C22H41N3O9/c1-16-17(20(26)23(2)3)32-13-9-30-11-15-34-19(22(28)25(6)7)18(21(27)24(4)5)33-14-10-29-8-12-31-16/h16-19H,8-15H2,1-7H3/t16-,17-,18-,19-/m1/s1. The molecule has 0 unspecified atom stereocenters. The van der Waals surface area contributed by atoms with E-state index in [1.54, 1.807) is 49.2 Å². The maximum Gasteiger partial charge on any atom is 0.254 e. The van der Waals surface area contributed by atoms with Gasteiger partial charge in [0.1, 0.15) is 0 Å². The zero-order valence-electron chi connectivity index (χ0n) is 21.5. The van der Waals surface area contributed by atoms with Gasteiger partial charge in [0.25, 0.3) is 17.7 Å². The molecule has 3 amide bonds.